The molecule has 5 nitrogen and oxygen atoms in total. The largest absolute Gasteiger partial charge is 0.444 e. The van der Waals surface area contributed by atoms with Gasteiger partial charge in [0.15, 0.2) is 0 Å². The van der Waals surface area contributed by atoms with E-state index in [2.05, 4.69) is 20.9 Å². The third-order valence-electron chi connectivity index (χ3n) is 1.89. The van der Waals surface area contributed by atoms with E-state index in [1.807, 2.05) is 0 Å². The number of ether oxygens (including phenoxy) is 1. The summed E-state index contributed by atoms with van der Waals surface area (Å²) in [6.07, 6.45) is -3.14. The minimum absolute atomic E-state index is 0.0528. The molecule has 1 saturated heterocycles. The molecule has 20 heavy (non-hydrogen) atoms. The topological polar surface area (TPSA) is 45.7 Å². The van der Waals surface area contributed by atoms with Gasteiger partial charge in [0.1, 0.15) is 5.60 Å². The molecule has 1 fully saturated rings. The second-order valence-electron chi connectivity index (χ2n) is 4.72. The molecule has 0 bridgehead atoms. The van der Waals surface area contributed by atoms with Gasteiger partial charge in [-0.1, -0.05) is 0 Å². The van der Waals surface area contributed by atoms with Gasteiger partial charge >= 0.3 is 6.09 Å². The number of nitrogens with zero attached hydrogens (tertiary/aromatic N) is 3. The van der Waals surface area contributed by atoms with Crippen molar-refractivity contribution >= 4 is 27.7 Å². The molecule has 6 heteroatoms. The van der Waals surface area contributed by atoms with E-state index < -0.39 is 61.8 Å². The zero-order valence-electron chi connectivity index (χ0n) is 22.0. The van der Waals surface area contributed by atoms with Gasteiger partial charge in [0, 0.05) is 36.6 Å². The standard InChI is InChI=1S/C14H20BrN3O2/c1-14(2,3)20-13(19)18-6-4-17(5-7-18)12-8-11(15)9-16-10-12/h8-10H,4-7H2,1-3H3/i4D2,5D2,6D2,7D2,8D,9D,10D. The van der Waals surface area contributed by atoms with Gasteiger partial charge in [-0.05, 0) is 42.7 Å². The number of carbonyl (C=O) groups is 1. The van der Waals surface area contributed by atoms with Gasteiger partial charge in [-0.25, -0.2) is 4.79 Å². The van der Waals surface area contributed by atoms with Crippen LogP contribution in [0.4, 0.5) is 10.5 Å². The van der Waals surface area contributed by atoms with Crippen LogP contribution in [0.3, 0.4) is 0 Å². The highest BCUT2D eigenvalue weighted by Crippen LogP contribution is 2.20. The normalized spacial score (nSPS) is 34.3. The summed E-state index contributed by atoms with van der Waals surface area (Å²) < 4.78 is 94.7. The van der Waals surface area contributed by atoms with Crippen LogP contribution in [0.2, 0.25) is 0 Å². The highest BCUT2D eigenvalue weighted by molar-refractivity contribution is 9.10. The molecule has 0 aromatic carbocycles. The second kappa shape index (κ2) is 5.99. The van der Waals surface area contributed by atoms with Crippen molar-refractivity contribution in [3.8, 4) is 0 Å². The summed E-state index contributed by atoms with van der Waals surface area (Å²) in [5.74, 6) is 0. The lowest BCUT2D eigenvalue weighted by Gasteiger charge is -2.36. The highest BCUT2D eigenvalue weighted by Gasteiger charge is 2.25. The van der Waals surface area contributed by atoms with E-state index in [1.165, 1.54) is 20.8 Å². The summed E-state index contributed by atoms with van der Waals surface area (Å²) in [6.45, 7) is -9.82. The number of piperazine rings is 1. The van der Waals surface area contributed by atoms with Crippen LogP contribution in [0, 0.1) is 0 Å². The van der Waals surface area contributed by atoms with Gasteiger partial charge in [0.25, 0.3) is 0 Å². The van der Waals surface area contributed by atoms with Gasteiger partial charge in [0.2, 0.25) is 0 Å². The fraction of sp³-hybridized carbons (Fsp3) is 0.571. The summed E-state index contributed by atoms with van der Waals surface area (Å²) >= 11 is 2.87. The number of amides is 1. The van der Waals surface area contributed by atoms with Crippen LogP contribution in [0.15, 0.2) is 22.9 Å². The van der Waals surface area contributed by atoms with Crippen LogP contribution in [0.1, 0.15) is 35.8 Å². The fourth-order valence-corrected chi connectivity index (χ4v) is 1.44. The Bertz CT molecular complexity index is 892. The zero-order valence-corrected chi connectivity index (χ0v) is 12.6. The van der Waals surface area contributed by atoms with Crippen molar-refractivity contribution in [2.24, 2.45) is 0 Å². The summed E-state index contributed by atoms with van der Waals surface area (Å²) in [6, 6.07) is -0.768. The van der Waals surface area contributed by atoms with Crippen molar-refractivity contribution in [3.05, 3.63) is 22.9 Å². The lowest BCUT2D eigenvalue weighted by atomic mass is 10.2. The number of aromatic nitrogens is 1. The second-order valence-corrected chi connectivity index (χ2v) is 5.51. The van der Waals surface area contributed by atoms with Crippen LogP contribution < -0.4 is 4.90 Å². The summed E-state index contributed by atoms with van der Waals surface area (Å²) in [4.78, 5) is 15.8. The van der Waals surface area contributed by atoms with Crippen LogP contribution in [0.5, 0.6) is 0 Å². The highest BCUT2D eigenvalue weighted by atomic mass is 79.9. The monoisotopic (exact) mass is 352 g/mol. The first-order valence-electron chi connectivity index (χ1n) is 11.1. The van der Waals surface area contributed by atoms with E-state index in [0.29, 0.717) is 0 Å². The number of carbonyl (C=O) groups excluding carboxylic acids is 1. The SMILES string of the molecule is [2H]c1nc([2H])c(N2C([2H])([2H])C([2H])([2H])N(C(=O)OC(C)(C)C)C([2H])([2H])C2([2H])[2H])c([2H])c1Br. The maximum atomic E-state index is 12.6. The van der Waals surface area contributed by atoms with Crippen molar-refractivity contribution in [1.82, 2.24) is 9.88 Å². The molecule has 0 unspecified atom stereocenters. The minimum atomic E-state index is -3.53. The van der Waals surface area contributed by atoms with Crippen molar-refractivity contribution < 1.29 is 24.6 Å². The number of pyridine rings is 1. The van der Waals surface area contributed by atoms with Crippen LogP contribution >= 0.6 is 15.9 Å². The average molecular weight is 353 g/mol. The molecule has 0 saturated carbocycles. The van der Waals surface area contributed by atoms with Crippen LogP contribution in [0.25, 0.3) is 0 Å². The molecule has 2 rings (SSSR count). The molecule has 1 amide bonds. The molecular formula is C14H20BrN3O2. The van der Waals surface area contributed by atoms with Crippen molar-refractivity contribution in [3.63, 3.8) is 0 Å². The first-order chi connectivity index (χ1) is 13.6. The molecule has 0 spiro atoms. The Labute approximate surface area is 143 Å². The smallest absolute Gasteiger partial charge is 0.410 e. The Morgan fingerprint density at radius 3 is 2.65 bits per heavy atom. The first-order valence-corrected chi connectivity index (χ1v) is 6.38. The number of rotatable bonds is 1. The predicted molar refractivity (Wildman–Crippen MR) is 82.0 cm³/mol. The Kier molecular flexibility index (Phi) is 1.86. The van der Waals surface area contributed by atoms with Crippen molar-refractivity contribution in [2.75, 3.05) is 30.9 Å². The van der Waals surface area contributed by atoms with Gasteiger partial charge < -0.3 is 14.5 Å². The lowest BCUT2D eigenvalue weighted by Crippen LogP contribution is -2.50. The van der Waals surface area contributed by atoms with Crippen LogP contribution in [-0.4, -0.2) is 47.6 Å². The fourth-order valence-electron chi connectivity index (χ4n) is 1.16. The van der Waals surface area contributed by atoms with E-state index >= 15 is 0 Å². The Balaban J connectivity index is 2.84. The molecule has 1 aliphatic rings. The van der Waals surface area contributed by atoms with Gasteiger partial charge in [0.05, 0.1) is 26.9 Å². The quantitative estimate of drug-likeness (QED) is 0.779. The van der Waals surface area contributed by atoms with Gasteiger partial charge in [-0.3, -0.25) is 4.98 Å². The van der Waals surface area contributed by atoms with E-state index in [1.54, 1.807) is 0 Å². The van der Waals surface area contributed by atoms with Gasteiger partial charge in [-0.15, -0.1) is 0 Å². The molecule has 0 atom stereocenters. The minimum Gasteiger partial charge on any atom is -0.444 e. The molecule has 1 aliphatic heterocycles. The molecule has 1 aromatic heterocycles. The van der Waals surface area contributed by atoms with E-state index in [-0.39, 0.29) is 14.3 Å². The van der Waals surface area contributed by atoms with Crippen molar-refractivity contribution in [1.29, 1.82) is 0 Å². The third-order valence-corrected chi connectivity index (χ3v) is 2.27. The summed E-state index contributed by atoms with van der Waals surface area (Å²) in [7, 11) is 0. The predicted octanol–water partition coefficient (Wildman–Crippen LogP) is 2.90. The Morgan fingerprint density at radius 2 is 2.05 bits per heavy atom. The average Bonchev–Trinajstić information content (AvgIpc) is 2.52. The van der Waals surface area contributed by atoms with E-state index in [4.69, 9.17) is 19.8 Å². The third kappa shape index (κ3) is 4.10. The summed E-state index contributed by atoms with van der Waals surface area (Å²) in [5, 5.41) is 0. The molecule has 110 valence electrons. The first kappa shape index (κ1) is 6.22. The van der Waals surface area contributed by atoms with E-state index in [9.17, 15) is 4.79 Å². The Hall–Kier alpha value is -1.30. The zero-order chi connectivity index (χ0) is 24.5. The number of hydrogen-bond acceptors (Lipinski definition) is 4. The maximum Gasteiger partial charge on any atom is 0.410 e. The molecule has 1 aromatic rings. The number of halogens is 1. The van der Waals surface area contributed by atoms with Crippen molar-refractivity contribution in [2.45, 2.75) is 26.4 Å². The van der Waals surface area contributed by atoms with Gasteiger partial charge in [-0.2, -0.15) is 0 Å². The molecular weight excluding hydrogens is 322 g/mol. The van der Waals surface area contributed by atoms with Crippen LogP contribution in [-0.2, 0) is 4.74 Å². The molecule has 0 N–H and O–H groups in total. The molecule has 0 aliphatic carbocycles. The summed E-state index contributed by atoms with van der Waals surface area (Å²) in [5.41, 5.74) is -2.12. The number of hydrogen-bond donors (Lipinski definition) is 0. The maximum absolute atomic E-state index is 12.6. The Morgan fingerprint density at radius 1 is 1.40 bits per heavy atom. The number of anilines is 1. The molecule has 2 heterocycles. The lowest BCUT2D eigenvalue weighted by molar-refractivity contribution is 0.0240. The van der Waals surface area contributed by atoms with E-state index in [0.717, 1.165) is 0 Å². The molecule has 0 radical (unpaired) electrons.